The molecule has 0 unspecified atom stereocenters. The highest BCUT2D eigenvalue weighted by Gasteiger charge is 1.91. The number of nitrogens with one attached hydrogen (secondary N) is 1. The predicted molar refractivity (Wildman–Crippen MR) is 44.5 cm³/mol. The molecule has 0 aliphatic rings. The predicted octanol–water partition coefficient (Wildman–Crippen LogP) is 1.23. The summed E-state index contributed by atoms with van der Waals surface area (Å²) in [5.74, 6) is 4.76. The topological polar surface area (TPSA) is 53.1 Å². The van der Waals surface area contributed by atoms with Crippen LogP contribution in [0.5, 0.6) is 0 Å². The van der Waals surface area contributed by atoms with Crippen molar-refractivity contribution in [3.63, 3.8) is 0 Å². The molecule has 0 radical (unpaired) electrons. The molecule has 0 aliphatic heterocycles. The molecule has 0 fully saturated rings. The van der Waals surface area contributed by atoms with Crippen molar-refractivity contribution in [3.05, 3.63) is 24.0 Å². The lowest BCUT2D eigenvalue weighted by Gasteiger charge is -1.83. The summed E-state index contributed by atoms with van der Waals surface area (Å²) in [6.07, 6.45) is 2.28. The first-order valence-electron chi connectivity index (χ1n) is 3.63. The monoisotopic (exact) mass is 163 g/mol. The summed E-state index contributed by atoms with van der Waals surface area (Å²) in [6, 6.07) is 3.69. The maximum atomic E-state index is 10.1. The van der Waals surface area contributed by atoms with E-state index in [0.29, 0.717) is 6.42 Å². The van der Waals surface area contributed by atoms with E-state index >= 15 is 0 Å². The molecular formula is C9H9NO2. The summed E-state index contributed by atoms with van der Waals surface area (Å²) >= 11 is 0. The van der Waals surface area contributed by atoms with Gasteiger partial charge in [0.25, 0.3) is 0 Å². The van der Waals surface area contributed by atoms with Crippen LogP contribution in [-0.4, -0.2) is 16.1 Å². The van der Waals surface area contributed by atoms with Crippen LogP contribution in [0.2, 0.25) is 0 Å². The molecule has 1 aromatic rings. The van der Waals surface area contributed by atoms with Gasteiger partial charge in [-0.05, 0) is 18.1 Å². The lowest BCUT2D eigenvalue weighted by molar-refractivity contribution is -0.136. The molecule has 0 spiro atoms. The van der Waals surface area contributed by atoms with Crippen LogP contribution in [0.25, 0.3) is 0 Å². The standard InChI is InChI=1S/C9H9NO2/c11-9(12)6-2-1-4-8-5-3-7-10-8/h3,5,7,10H,2,6H2,(H,11,12). The molecule has 1 rings (SSSR count). The molecule has 0 saturated carbocycles. The van der Waals surface area contributed by atoms with Gasteiger partial charge in [-0.1, -0.05) is 5.92 Å². The van der Waals surface area contributed by atoms with Crippen LogP contribution in [0.15, 0.2) is 18.3 Å². The van der Waals surface area contributed by atoms with Crippen molar-refractivity contribution in [1.29, 1.82) is 0 Å². The number of aliphatic carboxylic acids is 1. The van der Waals surface area contributed by atoms with E-state index in [9.17, 15) is 4.79 Å². The lowest BCUT2D eigenvalue weighted by Crippen LogP contribution is -1.91. The molecule has 1 heterocycles. The van der Waals surface area contributed by atoms with Gasteiger partial charge < -0.3 is 10.1 Å². The lowest BCUT2D eigenvalue weighted by atomic mass is 10.3. The Bertz CT molecular complexity index is 303. The Morgan fingerprint density at radius 1 is 1.67 bits per heavy atom. The average molecular weight is 163 g/mol. The maximum Gasteiger partial charge on any atom is 0.304 e. The van der Waals surface area contributed by atoms with Crippen molar-refractivity contribution in [2.75, 3.05) is 0 Å². The van der Waals surface area contributed by atoms with Crippen LogP contribution in [0, 0.1) is 11.8 Å². The van der Waals surface area contributed by atoms with Crippen LogP contribution in [0.4, 0.5) is 0 Å². The molecule has 0 saturated heterocycles. The molecule has 3 nitrogen and oxygen atoms in total. The Labute approximate surface area is 70.4 Å². The summed E-state index contributed by atoms with van der Waals surface area (Å²) in [7, 11) is 0. The Hall–Kier alpha value is -1.69. The summed E-state index contributed by atoms with van der Waals surface area (Å²) in [5, 5.41) is 8.30. The Morgan fingerprint density at radius 2 is 2.50 bits per heavy atom. The zero-order valence-corrected chi connectivity index (χ0v) is 6.50. The number of H-pyrrole nitrogens is 1. The van der Waals surface area contributed by atoms with Gasteiger partial charge in [0.15, 0.2) is 0 Å². The largest absolute Gasteiger partial charge is 0.481 e. The quantitative estimate of drug-likeness (QED) is 0.644. The van der Waals surface area contributed by atoms with Crippen molar-refractivity contribution in [3.8, 4) is 11.8 Å². The number of carboxylic acids is 1. The van der Waals surface area contributed by atoms with E-state index in [1.165, 1.54) is 0 Å². The van der Waals surface area contributed by atoms with Gasteiger partial charge in [-0.15, -0.1) is 0 Å². The van der Waals surface area contributed by atoms with Gasteiger partial charge in [-0.2, -0.15) is 0 Å². The number of aromatic nitrogens is 1. The minimum atomic E-state index is -0.809. The second-order valence-corrected chi connectivity index (χ2v) is 2.28. The van der Waals surface area contributed by atoms with E-state index in [2.05, 4.69) is 16.8 Å². The zero-order valence-electron chi connectivity index (χ0n) is 6.50. The third-order valence-electron chi connectivity index (χ3n) is 1.28. The summed E-state index contributed by atoms with van der Waals surface area (Å²) in [6.45, 7) is 0. The fraction of sp³-hybridized carbons (Fsp3) is 0.222. The second kappa shape index (κ2) is 4.24. The molecule has 12 heavy (non-hydrogen) atoms. The summed E-state index contributed by atoms with van der Waals surface area (Å²) in [5.41, 5.74) is 0.820. The van der Waals surface area contributed by atoms with Gasteiger partial charge in [0.05, 0.1) is 12.1 Å². The van der Waals surface area contributed by atoms with Crippen molar-refractivity contribution < 1.29 is 9.90 Å². The normalized spacial score (nSPS) is 8.67. The SMILES string of the molecule is O=C(O)CCC#Cc1ccc[nH]1. The second-order valence-electron chi connectivity index (χ2n) is 2.28. The van der Waals surface area contributed by atoms with Gasteiger partial charge in [0, 0.05) is 12.6 Å². The first-order chi connectivity index (χ1) is 5.79. The highest BCUT2D eigenvalue weighted by Crippen LogP contribution is 1.91. The van der Waals surface area contributed by atoms with E-state index in [4.69, 9.17) is 5.11 Å². The number of hydrogen-bond acceptors (Lipinski definition) is 1. The molecule has 1 aromatic heterocycles. The van der Waals surface area contributed by atoms with Gasteiger partial charge >= 0.3 is 5.97 Å². The van der Waals surface area contributed by atoms with Crippen molar-refractivity contribution in [1.82, 2.24) is 4.98 Å². The summed E-state index contributed by atoms with van der Waals surface area (Å²) in [4.78, 5) is 13.0. The molecule has 3 heteroatoms. The van der Waals surface area contributed by atoms with Gasteiger partial charge in [0.1, 0.15) is 0 Å². The fourth-order valence-corrected chi connectivity index (χ4v) is 0.735. The van der Waals surface area contributed by atoms with Crippen LogP contribution in [-0.2, 0) is 4.79 Å². The van der Waals surface area contributed by atoms with Crippen molar-refractivity contribution >= 4 is 5.97 Å². The Kier molecular flexibility index (Phi) is 2.97. The number of carboxylic acid groups (broad SMARTS) is 1. The Balaban J connectivity index is 2.35. The molecule has 2 N–H and O–H groups in total. The van der Waals surface area contributed by atoms with Crippen LogP contribution in [0.1, 0.15) is 18.5 Å². The molecule has 0 amide bonds. The van der Waals surface area contributed by atoms with E-state index in [0.717, 1.165) is 5.69 Å². The minimum Gasteiger partial charge on any atom is -0.481 e. The van der Waals surface area contributed by atoms with E-state index in [-0.39, 0.29) is 6.42 Å². The van der Waals surface area contributed by atoms with Gasteiger partial charge in [-0.25, -0.2) is 0 Å². The van der Waals surface area contributed by atoms with Crippen molar-refractivity contribution in [2.24, 2.45) is 0 Å². The van der Waals surface area contributed by atoms with E-state index in [1.807, 2.05) is 12.1 Å². The third kappa shape index (κ3) is 2.93. The zero-order chi connectivity index (χ0) is 8.81. The minimum absolute atomic E-state index is 0.105. The molecule has 0 bridgehead atoms. The first kappa shape index (κ1) is 8.41. The summed E-state index contributed by atoms with van der Waals surface area (Å²) < 4.78 is 0. The molecule has 0 atom stereocenters. The van der Waals surface area contributed by atoms with Crippen LogP contribution in [0.3, 0.4) is 0 Å². The number of rotatable bonds is 2. The molecular weight excluding hydrogens is 154 g/mol. The molecule has 62 valence electrons. The number of aromatic amines is 1. The molecule has 0 aromatic carbocycles. The van der Waals surface area contributed by atoms with Crippen LogP contribution >= 0.6 is 0 Å². The average Bonchev–Trinajstić information content (AvgIpc) is 2.49. The van der Waals surface area contributed by atoms with Crippen molar-refractivity contribution in [2.45, 2.75) is 12.8 Å². The smallest absolute Gasteiger partial charge is 0.304 e. The van der Waals surface area contributed by atoms with E-state index < -0.39 is 5.97 Å². The van der Waals surface area contributed by atoms with Gasteiger partial charge in [0.2, 0.25) is 0 Å². The maximum absolute atomic E-state index is 10.1. The number of carbonyl (C=O) groups is 1. The highest BCUT2D eigenvalue weighted by molar-refractivity contribution is 5.67. The fourth-order valence-electron chi connectivity index (χ4n) is 0.735. The first-order valence-corrected chi connectivity index (χ1v) is 3.63. The molecule has 0 aliphatic carbocycles. The van der Waals surface area contributed by atoms with Gasteiger partial charge in [-0.3, -0.25) is 4.79 Å². The number of hydrogen-bond donors (Lipinski definition) is 2. The van der Waals surface area contributed by atoms with Crippen LogP contribution < -0.4 is 0 Å². The van der Waals surface area contributed by atoms with E-state index in [1.54, 1.807) is 6.20 Å². The highest BCUT2D eigenvalue weighted by atomic mass is 16.4. The Morgan fingerprint density at radius 3 is 3.08 bits per heavy atom. The third-order valence-corrected chi connectivity index (χ3v) is 1.28.